The molecule has 1 aromatic carbocycles. The van der Waals surface area contributed by atoms with Crippen molar-refractivity contribution < 1.29 is 9.53 Å². The first kappa shape index (κ1) is 17.5. The third kappa shape index (κ3) is 4.85. The molecule has 2 heterocycles. The molecule has 0 spiro atoms. The molecule has 1 saturated heterocycles. The molecule has 1 aromatic heterocycles. The van der Waals surface area contributed by atoms with Crippen LogP contribution in [0, 0.1) is 5.92 Å². The molecule has 132 valence electrons. The molecule has 6 nitrogen and oxygen atoms in total. The lowest BCUT2D eigenvalue weighted by Gasteiger charge is -2.19. The van der Waals surface area contributed by atoms with Crippen molar-refractivity contribution in [2.75, 3.05) is 6.61 Å². The fraction of sp³-hybridized carbons (Fsp3) is 0.368. The van der Waals surface area contributed by atoms with E-state index < -0.39 is 0 Å². The Morgan fingerprint density at radius 1 is 1.16 bits per heavy atom. The van der Waals surface area contributed by atoms with Crippen LogP contribution in [-0.2, 0) is 16.1 Å². The first-order valence-electron chi connectivity index (χ1n) is 8.56. The average Bonchev–Trinajstić information content (AvgIpc) is 3.01. The van der Waals surface area contributed by atoms with Crippen molar-refractivity contribution in [3.63, 3.8) is 0 Å². The van der Waals surface area contributed by atoms with E-state index in [1.54, 1.807) is 12.4 Å². The van der Waals surface area contributed by atoms with Gasteiger partial charge in [-0.15, -0.1) is 0 Å². The fourth-order valence-electron chi connectivity index (χ4n) is 2.93. The highest BCUT2D eigenvalue weighted by Gasteiger charge is 2.33. The summed E-state index contributed by atoms with van der Waals surface area (Å²) in [6, 6.07) is 14.1. The van der Waals surface area contributed by atoms with Crippen LogP contribution in [0.1, 0.15) is 30.5 Å². The Kier molecular flexibility index (Phi) is 6.11. The molecular formula is C19H24N4O2. The van der Waals surface area contributed by atoms with E-state index in [-0.39, 0.29) is 24.0 Å². The second-order valence-corrected chi connectivity index (χ2v) is 6.24. The number of aromatic nitrogens is 1. The van der Waals surface area contributed by atoms with Crippen LogP contribution in [-0.4, -0.2) is 23.7 Å². The average molecular weight is 340 g/mol. The molecule has 3 N–H and O–H groups in total. The van der Waals surface area contributed by atoms with Gasteiger partial charge in [0.15, 0.2) is 0 Å². The Balaban J connectivity index is 1.39. The molecule has 1 aliphatic rings. The Hall–Kier alpha value is -2.28. The zero-order valence-corrected chi connectivity index (χ0v) is 14.3. The lowest BCUT2D eigenvalue weighted by Crippen LogP contribution is -2.46. The maximum absolute atomic E-state index is 12.1. The van der Waals surface area contributed by atoms with Gasteiger partial charge in [0.25, 0.3) is 0 Å². The van der Waals surface area contributed by atoms with Gasteiger partial charge in [-0.1, -0.05) is 37.3 Å². The highest BCUT2D eigenvalue weighted by Crippen LogP contribution is 2.26. The number of benzene rings is 1. The number of nitrogens with one attached hydrogen (secondary N) is 3. The van der Waals surface area contributed by atoms with E-state index in [4.69, 9.17) is 4.74 Å². The summed E-state index contributed by atoms with van der Waals surface area (Å²) >= 11 is 0. The molecule has 1 aliphatic heterocycles. The number of pyridine rings is 1. The molecule has 2 aromatic rings. The molecule has 0 aliphatic carbocycles. The first-order valence-corrected chi connectivity index (χ1v) is 8.56. The monoisotopic (exact) mass is 340 g/mol. The lowest BCUT2D eigenvalue weighted by atomic mass is 9.95. The SMILES string of the molecule is CC1C(NC(=O)CCOCc2ccccc2)NNC1c1ccncc1. The topological polar surface area (TPSA) is 75.3 Å². The summed E-state index contributed by atoms with van der Waals surface area (Å²) in [4.78, 5) is 16.2. The van der Waals surface area contributed by atoms with E-state index in [9.17, 15) is 4.79 Å². The van der Waals surface area contributed by atoms with Crippen molar-refractivity contribution in [3.8, 4) is 0 Å². The zero-order chi connectivity index (χ0) is 17.5. The van der Waals surface area contributed by atoms with Gasteiger partial charge in [0, 0.05) is 18.3 Å². The summed E-state index contributed by atoms with van der Waals surface area (Å²) in [5.74, 6) is 0.200. The summed E-state index contributed by atoms with van der Waals surface area (Å²) < 4.78 is 5.57. The maximum atomic E-state index is 12.1. The number of rotatable bonds is 7. The van der Waals surface area contributed by atoms with Crippen LogP contribution in [0.3, 0.4) is 0 Å². The summed E-state index contributed by atoms with van der Waals surface area (Å²) in [6.45, 7) is 3.04. The summed E-state index contributed by atoms with van der Waals surface area (Å²) in [5, 5.41) is 3.02. The van der Waals surface area contributed by atoms with E-state index in [0.717, 1.165) is 11.1 Å². The van der Waals surface area contributed by atoms with Crippen molar-refractivity contribution >= 4 is 5.91 Å². The molecule has 25 heavy (non-hydrogen) atoms. The Bertz CT molecular complexity index is 666. The molecule has 0 bridgehead atoms. The number of hydrazine groups is 1. The molecule has 3 rings (SSSR count). The number of carbonyl (C=O) groups excluding carboxylic acids is 1. The minimum atomic E-state index is -0.111. The highest BCUT2D eigenvalue weighted by atomic mass is 16.5. The van der Waals surface area contributed by atoms with Gasteiger partial charge in [0.1, 0.15) is 0 Å². The van der Waals surface area contributed by atoms with Gasteiger partial charge in [-0.2, -0.15) is 0 Å². The highest BCUT2D eigenvalue weighted by molar-refractivity contribution is 5.76. The first-order chi connectivity index (χ1) is 12.2. The molecule has 3 unspecified atom stereocenters. The second-order valence-electron chi connectivity index (χ2n) is 6.24. The molecular weight excluding hydrogens is 316 g/mol. The number of ether oxygens (including phenoxy) is 1. The van der Waals surface area contributed by atoms with E-state index in [1.165, 1.54) is 0 Å². The Labute approximate surface area is 148 Å². The Morgan fingerprint density at radius 3 is 2.68 bits per heavy atom. The molecule has 1 fully saturated rings. The van der Waals surface area contributed by atoms with Gasteiger partial charge in [-0.05, 0) is 23.3 Å². The fourth-order valence-corrected chi connectivity index (χ4v) is 2.93. The minimum absolute atomic E-state index is 0.0189. The molecule has 6 heteroatoms. The van der Waals surface area contributed by atoms with Crippen LogP contribution in [0.5, 0.6) is 0 Å². The van der Waals surface area contributed by atoms with Crippen molar-refractivity contribution in [1.29, 1.82) is 0 Å². The van der Waals surface area contributed by atoms with Crippen LogP contribution in [0.25, 0.3) is 0 Å². The van der Waals surface area contributed by atoms with Gasteiger partial charge in [0.05, 0.1) is 31.8 Å². The lowest BCUT2D eigenvalue weighted by molar-refractivity contribution is -0.123. The van der Waals surface area contributed by atoms with Gasteiger partial charge in [0.2, 0.25) is 5.91 Å². The van der Waals surface area contributed by atoms with Crippen LogP contribution in [0.4, 0.5) is 0 Å². The van der Waals surface area contributed by atoms with Crippen molar-refractivity contribution in [2.45, 2.75) is 32.2 Å². The summed E-state index contributed by atoms with van der Waals surface area (Å²) in [7, 11) is 0. The normalized spacial score (nSPS) is 22.7. The molecule has 3 atom stereocenters. The quantitative estimate of drug-likeness (QED) is 0.672. The molecule has 0 radical (unpaired) electrons. The van der Waals surface area contributed by atoms with E-state index in [0.29, 0.717) is 19.6 Å². The smallest absolute Gasteiger partial charge is 0.223 e. The summed E-state index contributed by atoms with van der Waals surface area (Å²) in [5.41, 5.74) is 8.66. The standard InChI is InChI=1S/C19H24N4O2/c1-14-18(16-7-10-20-11-8-16)22-23-19(14)21-17(24)9-12-25-13-15-5-3-2-4-6-15/h2-8,10-11,14,18-19,22-23H,9,12-13H2,1H3,(H,21,24). The number of hydrogen-bond donors (Lipinski definition) is 3. The maximum Gasteiger partial charge on any atom is 0.223 e. The predicted molar refractivity (Wildman–Crippen MR) is 95.1 cm³/mol. The third-order valence-electron chi connectivity index (χ3n) is 4.41. The molecule has 1 amide bonds. The van der Waals surface area contributed by atoms with Crippen LogP contribution < -0.4 is 16.2 Å². The van der Waals surface area contributed by atoms with E-state index in [2.05, 4.69) is 28.1 Å². The third-order valence-corrected chi connectivity index (χ3v) is 4.41. The number of hydrogen-bond acceptors (Lipinski definition) is 5. The second kappa shape index (κ2) is 8.71. The predicted octanol–water partition coefficient (Wildman–Crippen LogP) is 1.92. The van der Waals surface area contributed by atoms with E-state index >= 15 is 0 Å². The van der Waals surface area contributed by atoms with Gasteiger partial charge >= 0.3 is 0 Å². The van der Waals surface area contributed by atoms with Crippen LogP contribution >= 0.6 is 0 Å². The minimum Gasteiger partial charge on any atom is -0.376 e. The van der Waals surface area contributed by atoms with Gasteiger partial charge in [-0.3, -0.25) is 9.78 Å². The van der Waals surface area contributed by atoms with Crippen LogP contribution in [0.2, 0.25) is 0 Å². The van der Waals surface area contributed by atoms with Crippen molar-refractivity contribution in [1.82, 2.24) is 21.2 Å². The van der Waals surface area contributed by atoms with Gasteiger partial charge in [-0.25, -0.2) is 10.9 Å². The van der Waals surface area contributed by atoms with Crippen molar-refractivity contribution in [2.24, 2.45) is 5.92 Å². The molecule has 0 saturated carbocycles. The van der Waals surface area contributed by atoms with Crippen molar-refractivity contribution in [3.05, 3.63) is 66.0 Å². The largest absolute Gasteiger partial charge is 0.376 e. The van der Waals surface area contributed by atoms with Crippen LogP contribution in [0.15, 0.2) is 54.9 Å². The number of amides is 1. The Morgan fingerprint density at radius 2 is 1.92 bits per heavy atom. The number of carbonyl (C=O) groups is 1. The van der Waals surface area contributed by atoms with E-state index in [1.807, 2.05) is 42.5 Å². The zero-order valence-electron chi connectivity index (χ0n) is 14.3. The van der Waals surface area contributed by atoms with Gasteiger partial charge < -0.3 is 10.1 Å². The number of nitrogens with zero attached hydrogens (tertiary/aromatic N) is 1. The summed E-state index contributed by atoms with van der Waals surface area (Å²) in [6.07, 6.45) is 3.79.